The van der Waals surface area contributed by atoms with Crippen molar-refractivity contribution in [2.45, 2.75) is 35.8 Å². The highest BCUT2D eigenvalue weighted by Gasteiger charge is 2.47. The van der Waals surface area contributed by atoms with E-state index in [1.54, 1.807) is 9.80 Å². The lowest BCUT2D eigenvalue weighted by molar-refractivity contribution is -0.120. The first-order chi connectivity index (χ1) is 21.4. The van der Waals surface area contributed by atoms with Crippen LogP contribution in [0.1, 0.15) is 18.4 Å². The molecule has 45 heavy (non-hydrogen) atoms. The van der Waals surface area contributed by atoms with Gasteiger partial charge in [0.2, 0.25) is 15.9 Å². The number of carbonyl (C=O) groups excluding carboxylic acids is 2. The van der Waals surface area contributed by atoms with Crippen molar-refractivity contribution in [1.29, 1.82) is 0 Å². The number of hydrogen-bond donors (Lipinski definition) is 2. The maximum atomic E-state index is 15.7. The number of nitrogens with two attached hydrogens (primary N) is 1. The van der Waals surface area contributed by atoms with Gasteiger partial charge in [0.1, 0.15) is 29.4 Å². The number of sulfonamides is 1. The van der Waals surface area contributed by atoms with Gasteiger partial charge in [0.15, 0.2) is 6.10 Å². The Hall–Kier alpha value is -3.31. The molecule has 1 aromatic heterocycles. The number of nitrogens with zero attached hydrogens (tertiary/aromatic N) is 5. The summed E-state index contributed by atoms with van der Waals surface area (Å²) in [6.07, 6.45) is -1.01. The highest BCUT2D eigenvalue weighted by atomic mass is 35.5. The highest BCUT2D eigenvalue weighted by Crippen LogP contribution is 2.43. The normalized spacial score (nSPS) is 23.3. The molecule has 2 amide bonds. The Balaban J connectivity index is 1.13. The Morgan fingerprint density at radius 3 is 2.49 bits per heavy atom. The van der Waals surface area contributed by atoms with Gasteiger partial charge >= 0.3 is 6.09 Å². The number of carbonyl (C=O) groups is 2. The van der Waals surface area contributed by atoms with Crippen molar-refractivity contribution < 1.29 is 41.4 Å². The zero-order valence-electron chi connectivity index (χ0n) is 24.1. The average Bonchev–Trinajstić information content (AvgIpc) is 3.36. The van der Waals surface area contributed by atoms with Gasteiger partial charge in [0.05, 0.1) is 23.7 Å². The lowest BCUT2D eigenvalue weighted by Gasteiger charge is -2.37. The third-order valence-corrected chi connectivity index (χ3v) is 10.9. The number of aliphatic hydroxyl groups excluding tert-OH is 1. The number of alkyl halides is 2. The predicted molar refractivity (Wildman–Crippen MR) is 158 cm³/mol. The van der Waals surface area contributed by atoms with Crippen LogP contribution in [-0.4, -0.2) is 111 Å². The number of cyclic esters (lactones) is 1. The maximum Gasteiger partial charge on any atom is 0.415 e. The van der Waals surface area contributed by atoms with Crippen LogP contribution < -0.4 is 20.3 Å². The van der Waals surface area contributed by atoms with Crippen molar-refractivity contribution in [3.63, 3.8) is 0 Å². The van der Waals surface area contributed by atoms with Crippen LogP contribution in [0.25, 0.3) is 0 Å². The number of ether oxygens (including phenoxy) is 2. The minimum atomic E-state index is -3.97. The number of anilines is 2. The van der Waals surface area contributed by atoms with Crippen LogP contribution in [0.2, 0.25) is 5.15 Å². The van der Waals surface area contributed by atoms with Gasteiger partial charge in [0, 0.05) is 43.7 Å². The molecule has 3 N–H and O–H groups in total. The monoisotopic (exact) mass is 670 g/mol. The van der Waals surface area contributed by atoms with E-state index in [9.17, 15) is 23.1 Å². The first kappa shape index (κ1) is 31.7. The van der Waals surface area contributed by atoms with E-state index < -0.39 is 46.0 Å². The molecule has 5 heterocycles. The van der Waals surface area contributed by atoms with Crippen molar-refractivity contribution >= 4 is 45.1 Å². The van der Waals surface area contributed by atoms with E-state index in [4.69, 9.17) is 26.8 Å². The molecule has 0 saturated carbocycles. The van der Waals surface area contributed by atoms with E-state index in [0.29, 0.717) is 18.8 Å². The van der Waals surface area contributed by atoms with Gasteiger partial charge in [-0.2, -0.15) is 4.31 Å². The second-order valence-corrected chi connectivity index (χ2v) is 13.9. The van der Waals surface area contributed by atoms with Crippen LogP contribution in [0.5, 0.6) is 5.75 Å². The molecule has 0 aliphatic carbocycles. The number of likely N-dealkylation sites (tertiary alicyclic amines) is 1. The average molecular weight is 671 g/mol. The molecular weight excluding hydrogens is 638 g/mol. The van der Waals surface area contributed by atoms with Crippen LogP contribution >= 0.6 is 11.6 Å². The summed E-state index contributed by atoms with van der Waals surface area (Å²) in [4.78, 5) is 32.6. The fraction of sp³-hybridized carbons (Fsp3) is 0.536. The van der Waals surface area contributed by atoms with Gasteiger partial charge in [-0.25, -0.2) is 27.0 Å². The van der Waals surface area contributed by atoms with Crippen LogP contribution in [-0.2, 0) is 25.5 Å². The number of pyridine rings is 1. The molecule has 4 aliphatic heterocycles. The molecule has 2 atom stereocenters. The fourth-order valence-electron chi connectivity index (χ4n) is 6.38. The number of aliphatic hydroxyl groups is 1. The van der Waals surface area contributed by atoms with Crippen molar-refractivity contribution in [3.8, 4) is 5.75 Å². The number of hydrogen-bond acceptors (Lipinski definition) is 10. The summed E-state index contributed by atoms with van der Waals surface area (Å²) in [5.41, 5.74) is 5.33. The van der Waals surface area contributed by atoms with E-state index in [-0.39, 0.29) is 86.0 Å². The number of fused-ring (bicyclic) bond motifs is 3. The van der Waals surface area contributed by atoms with Crippen molar-refractivity contribution in [2.24, 2.45) is 11.7 Å². The van der Waals surface area contributed by atoms with E-state index in [0.717, 1.165) is 6.07 Å². The van der Waals surface area contributed by atoms with Crippen LogP contribution in [0.4, 0.5) is 25.1 Å². The van der Waals surface area contributed by atoms with E-state index >= 15 is 8.78 Å². The third-order valence-electron chi connectivity index (χ3n) is 8.84. The number of benzene rings is 1. The zero-order valence-corrected chi connectivity index (χ0v) is 25.7. The Labute approximate surface area is 263 Å². The Morgan fingerprint density at radius 1 is 1.11 bits per heavy atom. The summed E-state index contributed by atoms with van der Waals surface area (Å²) in [5.74, 6) is -4.20. The molecule has 1 aromatic carbocycles. The second kappa shape index (κ2) is 12.1. The molecular formula is C28H33ClF2N6O7S. The van der Waals surface area contributed by atoms with Gasteiger partial charge in [-0.15, -0.1) is 0 Å². The molecule has 2 aromatic rings. The van der Waals surface area contributed by atoms with E-state index in [1.807, 2.05) is 0 Å². The topological polar surface area (TPSA) is 159 Å². The molecule has 0 unspecified atom stereocenters. The predicted octanol–water partition coefficient (Wildman–Crippen LogP) is 1.61. The zero-order chi connectivity index (χ0) is 32.1. The second-order valence-electron chi connectivity index (χ2n) is 11.6. The SMILES string of the molecule is NC(=O)CN1CCC(C(F)(F)c2cc(Cl)nc(N3CCN(S(=O)(=O)c4ccc5c(c4)OC[C@@H]4[C@H](CO)OC(=O)N54)CC3)c2)CC1. The molecule has 0 bridgehead atoms. The smallest absolute Gasteiger partial charge is 0.415 e. The Kier molecular flexibility index (Phi) is 8.54. The Bertz CT molecular complexity index is 1580. The van der Waals surface area contributed by atoms with Gasteiger partial charge in [-0.05, 0) is 50.2 Å². The van der Waals surface area contributed by atoms with E-state index in [2.05, 4.69) is 4.98 Å². The quantitative estimate of drug-likeness (QED) is 0.395. The van der Waals surface area contributed by atoms with Crippen LogP contribution in [0, 0.1) is 5.92 Å². The minimum absolute atomic E-state index is 0.0240. The lowest BCUT2D eigenvalue weighted by atomic mass is 9.86. The summed E-state index contributed by atoms with van der Waals surface area (Å²) in [6.45, 7) is 0.879. The van der Waals surface area contributed by atoms with Crippen molar-refractivity contribution in [2.75, 3.05) is 68.8 Å². The van der Waals surface area contributed by atoms with Gasteiger partial charge < -0.3 is 25.2 Å². The molecule has 13 nitrogen and oxygen atoms in total. The van der Waals surface area contributed by atoms with E-state index in [1.165, 1.54) is 33.5 Å². The molecule has 17 heteroatoms. The molecule has 3 saturated heterocycles. The minimum Gasteiger partial charge on any atom is -0.489 e. The molecule has 244 valence electrons. The van der Waals surface area contributed by atoms with Crippen LogP contribution in [0.15, 0.2) is 35.2 Å². The number of halogens is 3. The largest absolute Gasteiger partial charge is 0.489 e. The highest BCUT2D eigenvalue weighted by molar-refractivity contribution is 7.89. The summed E-state index contributed by atoms with van der Waals surface area (Å²) in [7, 11) is -3.97. The number of primary amides is 1. The number of piperidine rings is 1. The molecule has 6 rings (SSSR count). The first-order valence-electron chi connectivity index (χ1n) is 14.6. The van der Waals surface area contributed by atoms with Gasteiger partial charge in [-0.1, -0.05) is 11.6 Å². The molecule has 3 fully saturated rings. The molecule has 0 spiro atoms. The molecule has 0 radical (unpaired) electrons. The summed E-state index contributed by atoms with van der Waals surface area (Å²) in [5, 5.41) is 9.41. The number of amides is 2. The number of rotatable bonds is 8. The van der Waals surface area contributed by atoms with Gasteiger partial charge in [-0.3, -0.25) is 14.6 Å². The van der Waals surface area contributed by atoms with Gasteiger partial charge in [0.25, 0.3) is 5.92 Å². The van der Waals surface area contributed by atoms with Crippen molar-refractivity contribution in [3.05, 3.63) is 41.0 Å². The van der Waals surface area contributed by atoms with Crippen LogP contribution in [0.3, 0.4) is 0 Å². The third kappa shape index (κ3) is 6.01. The standard InChI is InChI=1S/C28H33ClF2N6O7S/c29-24-11-18(28(30,31)17-3-5-34(6-4-17)14-25(32)39)12-26(33-24)35-7-9-36(10-8-35)45(41,42)19-1-2-20-22(13-19)43-16-21-23(15-38)44-27(40)37(20)21/h1-2,11-13,17,21,23,38H,3-10,14-16H2,(H2,32,39)/t21-,23+/m1/s1. The Morgan fingerprint density at radius 2 is 1.82 bits per heavy atom. The summed E-state index contributed by atoms with van der Waals surface area (Å²) >= 11 is 6.20. The summed E-state index contributed by atoms with van der Waals surface area (Å²) in [6, 6.07) is 6.17. The molecule has 4 aliphatic rings. The number of piperazine rings is 1. The maximum absolute atomic E-state index is 15.7. The summed E-state index contributed by atoms with van der Waals surface area (Å²) < 4.78 is 70.7. The first-order valence-corrected chi connectivity index (χ1v) is 16.4. The lowest BCUT2D eigenvalue weighted by Crippen LogP contribution is -2.49. The number of aromatic nitrogens is 1. The fourth-order valence-corrected chi connectivity index (χ4v) is 8.03. The van der Waals surface area contributed by atoms with Crippen molar-refractivity contribution in [1.82, 2.24) is 14.2 Å².